The number of carbonyl (C=O) groups excluding carboxylic acids is 1. The Kier molecular flexibility index (Phi) is 5.18. The lowest BCUT2D eigenvalue weighted by molar-refractivity contribution is 0.102. The maximum atomic E-state index is 12.1. The molecule has 1 aromatic heterocycles. The van der Waals surface area contributed by atoms with Gasteiger partial charge in [-0.2, -0.15) is 0 Å². The van der Waals surface area contributed by atoms with E-state index in [1.54, 1.807) is 24.3 Å². The van der Waals surface area contributed by atoms with Crippen LogP contribution in [0.25, 0.3) is 0 Å². The Balaban J connectivity index is 2.15. The predicted octanol–water partition coefficient (Wildman–Crippen LogP) is 2.98. The number of hydrogen-bond donors (Lipinski definition) is 2. The molecule has 0 unspecified atom stereocenters. The Morgan fingerprint density at radius 2 is 2.10 bits per heavy atom. The zero-order chi connectivity index (χ0) is 15.2. The average Bonchev–Trinajstić information content (AvgIpc) is 2.49. The smallest absolute Gasteiger partial charge is 0.274 e. The topological polar surface area (TPSA) is 62.2 Å². The minimum Gasteiger partial charge on any atom is -0.384 e. The van der Waals surface area contributed by atoms with Crippen molar-refractivity contribution in [3.8, 4) is 11.8 Å². The van der Waals surface area contributed by atoms with E-state index < -0.39 is 5.91 Å². The summed E-state index contributed by atoms with van der Waals surface area (Å²) in [5.41, 5.74) is 1.25. The molecule has 1 aromatic carbocycles. The maximum Gasteiger partial charge on any atom is 0.274 e. The summed E-state index contributed by atoms with van der Waals surface area (Å²) in [4.78, 5) is 16.1. The first-order valence-corrected chi connectivity index (χ1v) is 6.68. The van der Waals surface area contributed by atoms with E-state index in [2.05, 4.69) is 22.1 Å². The standard InChI is InChI=1S/C15H10Cl2N2O2/c16-11-4-5-12(17)14(8-11)19-15(21)13-6-3-10(9-18-13)2-1-7-20/h3-6,8-9,20H,7H2,(H,19,21). The summed E-state index contributed by atoms with van der Waals surface area (Å²) >= 11 is 11.8. The van der Waals surface area contributed by atoms with Gasteiger partial charge < -0.3 is 10.4 Å². The molecule has 0 saturated heterocycles. The van der Waals surface area contributed by atoms with E-state index >= 15 is 0 Å². The zero-order valence-electron chi connectivity index (χ0n) is 10.7. The number of amides is 1. The average molecular weight is 321 g/mol. The summed E-state index contributed by atoms with van der Waals surface area (Å²) in [6.45, 7) is -0.227. The molecule has 21 heavy (non-hydrogen) atoms. The van der Waals surface area contributed by atoms with Gasteiger partial charge in [0.2, 0.25) is 0 Å². The zero-order valence-corrected chi connectivity index (χ0v) is 12.2. The summed E-state index contributed by atoms with van der Waals surface area (Å²) in [6, 6.07) is 7.97. The molecule has 0 aliphatic carbocycles. The Bertz CT molecular complexity index is 719. The first-order chi connectivity index (χ1) is 10.1. The molecule has 4 nitrogen and oxygen atoms in total. The summed E-state index contributed by atoms with van der Waals surface area (Å²) in [6.07, 6.45) is 1.46. The highest BCUT2D eigenvalue weighted by atomic mass is 35.5. The van der Waals surface area contributed by atoms with E-state index in [0.717, 1.165) is 0 Å². The Morgan fingerprint density at radius 3 is 2.76 bits per heavy atom. The van der Waals surface area contributed by atoms with Gasteiger partial charge in [-0.3, -0.25) is 4.79 Å². The van der Waals surface area contributed by atoms with Crippen LogP contribution in [0.15, 0.2) is 36.5 Å². The van der Waals surface area contributed by atoms with Crippen molar-refractivity contribution in [3.05, 3.63) is 57.8 Å². The SMILES string of the molecule is O=C(Nc1cc(Cl)ccc1Cl)c1ccc(C#CCO)cn1. The minimum atomic E-state index is -0.402. The van der Waals surface area contributed by atoms with Gasteiger partial charge in [0, 0.05) is 16.8 Å². The monoisotopic (exact) mass is 320 g/mol. The second-order valence-electron chi connectivity index (χ2n) is 3.97. The van der Waals surface area contributed by atoms with E-state index in [9.17, 15) is 4.79 Å². The van der Waals surface area contributed by atoms with Gasteiger partial charge in [0.05, 0.1) is 10.7 Å². The molecule has 2 aromatic rings. The second kappa shape index (κ2) is 7.09. The number of anilines is 1. The molecule has 1 heterocycles. The molecule has 0 radical (unpaired) electrons. The van der Waals surface area contributed by atoms with Crippen LogP contribution in [0.5, 0.6) is 0 Å². The third-order valence-electron chi connectivity index (χ3n) is 2.48. The van der Waals surface area contributed by atoms with E-state index in [1.807, 2.05) is 0 Å². The molecule has 0 aliphatic heterocycles. The second-order valence-corrected chi connectivity index (χ2v) is 4.81. The number of aliphatic hydroxyl groups excluding tert-OH is 1. The van der Waals surface area contributed by atoms with Gasteiger partial charge in [0.25, 0.3) is 5.91 Å². The molecule has 1 amide bonds. The molecule has 0 fully saturated rings. The van der Waals surface area contributed by atoms with Crippen LogP contribution >= 0.6 is 23.2 Å². The molecular weight excluding hydrogens is 311 g/mol. The van der Waals surface area contributed by atoms with Crippen molar-refractivity contribution in [2.24, 2.45) is 0 Å². The Morgan fingerprint density at radius 1 is 1.29 bits per heavy atom. The van der Waals surface area contributed by atoms with E-state index in [4.69, 9.17) is 28.3 Å². The summed E-state index contributed by atoms with van der Waals surface area (Å²) < 4.78 is 0. The molecule has 2 rings (SSSR count). The number of pyridine rings is 1. The molecule has 2 N–H and O–H groups in total. The van der Waals surface area contributed by atoms with Crippen LogP contribution in [0.3, 0.4) is 0 Å². The lowest BCUT2D eigenvalue weighted by Crippen LogP contribution is -2.13. The molecule has 0 bridgehead atoms. The van der Waals surface area contributed by atoms with Gasteiger partial charge in [0.1, 0.15) is 12.3 Å². The third kappa shape index (κ3) is 4.20. The fraction of sp³-hybridized carbons (Fsp3) is 0.0667. The fourth-order valence-electron chi connectivity index (χ4n) is 1.52. The van der Waals surface area contributed by atoms with Crippen LogP contribution in [0.2, 0.25) is 10.0 Å². The van der Waals surface area contributed by atoms with Crippen LogP contribution in [0, 0.1) is 11.8 Å². The highest BCUT2D eigenvalue weighted by Gasteiger charge is 2.10. The number of hydrogen-bond acceptors (Lipinski definition) is 3. The van der Waals surface area contributed by atoms with Crippen LogP contribution in [-0.4, -0.2) is 22.6 Å². The van der Waals surface area contributed by atoms with Crippen molar-refractivity contribution >= 4 is 34.8 Å². The van der Waals surface area contributed by atoms with E-state index in [-0.39, 0.29) is 12.3 Å². The molecule has 106 valence electrons. The van der Waals surface area contributed by atoms with Crippen molar-refractivity contribution in [1.82, 2.24) is 4.98 Å². The number of carbonyl (C=O) groups is 1. The van der Waals surface area contributed by atoms with Crippen LogP contribution < -0.4 is 5.32 Å². The van der Waals surface area contributed by atoms with Crippen molar-refractivity contribution in [1.29, 1.82) is 0 Å². The molecule has 0 saturated carbocycles. The fourth-order valence-corrected chi connectivity index (χ4v) is 1.86. The van der Waals surface area contributed by atoms with Crippen molar-refractivity contribution in [2.45, 2.75) is 0 Å². The summed E-state index contributed by atoms with van der Waals surface area (Å²) in [5.74, 6) is 4.79. The number of benzene rings is 1. The quantitative estimate of drug-likeness (QED) is 0.836. The number of rotatable bonds is 2. The number of aliphatic hydroxyl groups is 1. The normalized spacial score (nSPS) is 9.67. The van der Waals surface area contributed by atoms with Crippen LogP contribution in [0.4, 0.5) is 5.69 Å². The molecule has 6 heteroatoms. The first kappa shape index (κ1) is 15.3. The van der Waals surface area contributed by atoms with Crippen molar-refractivity contribution in [2.75, 3.05) is 11.9 Å². The summed E-state index contributed by atoms with van der Waals surface area (Å²) in [5, 5.41) is 12.1. The lowest BCUT2D eigenvalue weighted by Gasteiger charge is -2.07. The number of halogens is 2. The highest BCUT2D eigenvalue weighted by Crippen LogP contribution is 2.25. The molecule has 0 spiro atoms. The molecular formula is C15H10Cl2N2O2. The Hall–Kier alpha value is -2.06. The van der Waals surface area contributed by atoms with Crippen molar-refractivity contribution < 1.29 is 9.90 Å². The largest absolute Gasteiger partial charge is 0.384 e. The predicted molar refractivity (Wildman–Crippen MR) is 82.6 cm³/mol. The summed E-state index contributed by atoms with van der Waals surface area (Å²) in [7, 11) is 0. The van der Waals surface area contributed by atoms with E-state index in [0.29, 0.717) is 21.3 Å². The van der Waals surface area contributed by atoms with Crippen LogP contribution in [0.1, 0.15) is 16.1 Å². The van der Waals surface area contributed by atoms with E-state index in [1.165, 1.54) is 12.3 Å². The van der Waals surface area contributed by atoms with Crippen molar-refractivity contribution in [3.63, 3.8) is 0 Å². The van der Waals surface area contributed by atoms with Gasteiger partial charge in [-0.25, -0.2) is 4.98 Å². The number of nitrogens with zero attached hydrogens (tertiary/aromatic N) is 1. The van der Waals surface area contributed by atoms with Gasteiger partial charge in [-0.05, 0) is 30.3 Å². The number of nitrogens with one attached hydrogen (secondary N) is 1. The molecule has 0 aliphatic rings. The van der Waals surface area contributed by atoms with Gasteiger partial charge in [0.15, 0.2) is 0 Å². The lowest BCUT2D eigenvalue weighted by atomic mass is 10.2. The first-order valence-electron chi connectivity index (χ1n) is 5.92. The van der Waals surface area contributed by atoms with Gasteiger partial charge in [-0.15, -0.1) is 0 Å². The van der Waals surface area contributed by atoms with Crippen LogP contribution in [-0.2, 0) is 0 Å². The van der Waals surface area contributed by atoms with Gasteiger partial charge in [-0.1, -0.05) is 35.0 Å². The highest BCUT2D eigenvalue weighted by molar-refractivity contribution is 6.35. The van der Waals surface area contributed by atoms with Gasteiger partial charge >= 0.3 is 0 Å². The molecule has 0 atom stereocenters. The maximum absolute atomic E-state index is 12.1. The minimum absolute atomic E-state index is 0.223. The number of aromatic nitrogens is 1. The third-order valence-corrected chi connectivity index (χ3v) is 3.05. The Labute approximate surface area is 131 Å².